The third-order valence-electron chi connectivity index (χ3n) is 6.18. The summed E-state index contributed by atoms with van der Waals surface area (Å²) >= 11 is 1.89. The molecule has 0 aromatic heterocycles. The van der Waals surface area contributed by atoms with Crippen LogP contribution in [0, 0.1) is 6.92 Å². The summed E-state index contributed by atoms with van der Waals surface area (Å²) in [6, 6.07) is 26.0. The van der Waals surface area contributed by atoms with Gasteiger partial charge in [0.1, 0.15) is 5.82 Å². The van der Waals surface area contributed by atoms with Crippen LogP contribution in [0.5, 0.6) is 0 Å². The molecule has 1 unspecified atom stereocenters. The zero-order valence-corrected chi connectivity index (χ0v) is 19.7. The molecule has 0 spiro atoms. The van der Waals surface area contributed by atoms with Gasteiger partial charge in [-0.15, -0.1) is 0 Å². The Kier molecular flexibility index (Phi) is 5.71. The molecule has 5 rings (SSSR count). The Hall–Kier alpha value is -3.11. The van der Waals surface area contributed by atoms with E-state index < -0.39 is 0 Å². The fourth-order valence-corrected chi connectivity index (χ4v) is 5.72. The van der Waals surface area contributed by atoms with E-state index in [-0.39, 0.29) is 5.37 Å². The van der Waals surface area contributed by atoms with E-state index in [9.17, 15) is 0 Å². The van der Waals surface area contributed by atoms with E-state index in [4.69, 9.17) is 0 Å². The van der Waals surface area contributed by atoms with Gasteiger partial charge in [0.15, 0.2) is 0 Å². The Bertz CT molecular complexity index is 1180. The SMILES string of the molecule is CCN(CC)C1=CC(=CC2Nc3c(C)cccc3S2)c2ccccc2N1c1ccccc1. The van der Waals surface area contributed by atoms with Gasteiger partial charge in [-0.25, -0.2) is 0 Å². The van der Waals surface area contributed by atoms with Gasteiger partial charge in [-0.05, 0) is 68.3 Å². The van der Waals surface area contributed by atoms with Crippen LogP contribution in [0.1, 0.15) is 25.0 Å². The number of nitrogens with one attached hydrogen (secondary N) is 1. The van der Waals surface area contributed by atoms with Crippen LogP contribution >= 0.6 is 11.8 Å². The number of aryl methyl sites for hydroxylation is 1. The molecule has 0 aliphatic carbocycles. The normalized spacial score (nSPS) is 18.1. The Balaban J connectivity index is 1.62. The van der Waals surface area contributed by atoms with Crippen LogP contribution in [0.15, 0.2) is 95.7 Å². The number of anilines is 3. The third-order valence-corrected chi connectivity index (χ3v) is 7.28. The third kappa shape index (κ3) is 3.69. The first-order valence-corrected chi connectivity index (χ1v) is 12.2. The molecule has 3 nitrogen and oxygen atoms in total. The molecule has 1 atom stereocenters. The lowest BCUT2D eigenvalue weighted by molar-refractivity contribution is 0.376. The molecule has 4 heteroatoms. The number of nitrogens with zero attached hydrogens (tertiary/aromatic N) is 2. The van der Waals surface area contributed by atoms with Crippen molar-refractivity contribution < 1.29 is 0 Å². The fraction of sp³-hybridized carbons (Fsp3) is 0.214. The van der Waals surface area contributed by atoms with Crippen molar-refractivity contribution in [2.75, 3.05) is 23.3 Å². The molecular formula is C28H29N3S. The number of hydrogen-bond acceptors (Lipinski definition) is 4. The predicted octanol–water partition coefficient (Wildman–Crippen LogP) is 7.26. The molecule has 2 heterocycles. The van der Waals surface area contributed by atoms with Gasteiger partial charge >= 0.3 is 0 Å². The van der Waals surface area contributed by atoms with Gasteiger partial charge in [0.25, 0.3) is 0 Å². The summed E-state index contributed by atoms with van der Waals surface area (Å²) in [6.45, 7) is 8.55. The van der Waals surface area contributed by atoms with E-state index in [1.54, 1.807) is 0 Å². The highest BCUT2D eigenvalue weighted by molar-refractivity contribution is 8.00. The second kappa shape index (κ2) is 8.79. The first-order valence-electron chi connectivity index (χ1n) is 11.4. The summed E-state index contributed by atoms with van der Waals surface area (Å²) in [4.78, 5) is 6.16. The predicted molar refractivity (Wildman–Crippen MR) is 138 cm³/mol. The van der Waals surface area contributed by atoms with Gasteiger partial charge in [-0.3, -0.25) is 4.90 Å². The number of allylic oxidation sites excluding steroid dienone is 2. The summed E-state index contributed by atoms with van der Waals surface area (Å²) in [5.41, 5.74) is 7.52. The topological polar surface area (TPSA) is 18.5 Å². The highest BCUT2D eigenvalue weighted by Crippen LogP contribution is 2.45. The van der Waals surface area contributed by atoms with Crippen LogP contribution in [0.3, 0.4) is 0 Å². The average Bonchev–Trinajstić information content (AvgIpc) is 3.24. The molecule has 2 aliphatic rings. The zero-order chi connectivity index (χ0) is 22.1. The van der Waals surface area contributed by atoms with Crippen molar-refractivity contribution in [1.29, 1.82) is 0 Å². The number of thioether (sulfide) groups is 1. The number of para-hydroxylation sites is 3. The molecule has 0 bridgehead atoms. The number of benzene rings is 3. The summed E-state index contributed by atoms with van der Waals surface area (Å²) in [5.74, 6) is 1.22. The minimum absolute atomic E-state index is 0.214. The molecular weight excluding hydrogens is 410 g/mol. The molecule has 2 aliphatic heterocycles. The van der Waals surface area contributed by atoms with E-state index >= 15 is 0 Å². The summed E-state index contributed by atoms with van der Waals surface area (Å²) in [7, 11) is 0. The molecule has 0 saturated heterocycles. The van der Waals surface area contributed by atoms with E-state index in [1.165, 1.54) is 44.5 Å². The van der Waals surface area contributed by atoms with E-state index in [1.807, 2.05) is 11.8 Å². The smallest absolute Gasteiger partial charge is 0.114 e. The van der Waals surface area contributed by atoms with Crippen LogP contribution in [-0.4, -0.2) is 23.4 Å². The van der Waals surface area contributed by atoms with Gasteiger partial charge in [0.2, 0.25) is 0 Å². The van der Waals surface area contributed by atoms with Crippen molar-refractivity contribution in [2.24, 2.45) is 0 Å². The Morgan fingerprint density at radius 1 is 0.938 bits per heavy atom. The lowest BCUT2D eigenvalue weighted by Crippen LogP contribution is -2.35. The molecule has 3 aromatic rings. The van der Waals surface area contributed by atoms with Crippen LogP contribution in [-0.2, 0) is 0 Å². The monoisotopic (exact) mass is 439 g/mol. The van der Waals surface area contributed by atoms with Gasteiger partial charge in [0.05, 0.1) is 16.7 Å². The number of rotatable bonds is 5. The first kappa shape index (κ1) is 20.8. The highest BCUT2D eigenvalue weighted by atomic mass is 32.2. The molecule has 1 N–H and O–H groups in total. The quantitative estimate of drug-likeness (QED) is 0.451. The van der Waals surface area contributed by atoms with Crippen LogP contribution in [0.4, 0.5) is 17.1 Å². The fourth-order valence-electron chi connectivity index (χ4n) is 4.56. The summed E-state index contributed by atoms with van der Waals surface area (Å²) in [6.07, 6.45) is 4.75. The molecule has 162 valence electrons. The lowest BCUT2D eigenvalue weighted by atomic mass is 9.97. The summed E-state index contributed by atoms with van der Waals surface area (Å²) < 4.78 is 0. The van der Waals surface area contributed by atoms with E-state index in [0.717, 1.165) is 13.1 Å². The van der Waals surface area contributed by atoms with Crippen LogP contribution in [0.2, 0.25) is 0 Å². The maximum absolute atomic E-state index is 3.73. The molecule has 0 saturated carbocycles. The maximum Gasteiger partial charge on any atom is 0.114 e. The number of fused-ring (bicyclic) bond motifs is 2. The molecule has 0 amide bonds. The van der Waals surface area contributed by atoms with E-state index in [2.05, 4.69) is 121 Å². The van der Waals surface area contributed by atoms with Crippen molar-refractivity contribution in [2.45, 2.75) is 31.0 Å². The van der Waals surface area contributed by atoms with Crippen molar-refractivity contribution in [3.05, 3.63) is 102 Å². The van der Waals surface area contributed by atoms with Crippen molar-refractivity contribution in [1.82, 2.24) is 4.90 Å². The average molecular weight is 440 g/mol. The second-order valence-corrected chi connectivity index (χ2v) is 9.30. The molecule has 0 radical (unpaired) electrons. The largest absolute Gasteiger partial charge is 0.369 e. The van der Waals surface area contributed by atoms with Crippen molar-refractivity contribution in [3.63, 3.8) is 0 Å². The van der Waals surface area contributed by atoms with Gasteiger partial charge in [-0.2, -0.15) is 0 Å². The maximum atomic E-state index is 3.73. The van der Waals surface area contributed by atoms with Crippen LogP contribution < -0.4 is 10.2 Å². The highest BCUT2D eigenvalue weighted by Gasteiger charge is 2.28. The first-order chi connectivity index (χ1) is 15.7. The minimum Gasteiger partial charge on any atom is -0.369 e. The van der Waals surface area contributed by atoms with Crippen molar-refractivity contribution in [3.8, 4) is 0 Å². The van der Waals surface area contributed by atoms with E-state index in [0.29, 0.717) is 0 Å². The van der Waals surface area contributed by atoms with Gasteiger partial charge < -0.3 is 10.2 Å². The molecule has 3 aromatic carbocycles. The lowest BCUT2D eigenvalue weighted by Gasteiger charge is -2.39. The van der Waals surface area contributed by atoms with Gasteiger partial charge in [-0.1, -0.05) is 60.3 Å². The second-order valence-electron chi connectivity index (χ2n) is 8.12. The molecule has 0 fully saturated rings. The zero-order valence-electron chi connectivity index (χ0n) is 18.9. The number of hydrogen-bond donors (Lipinski definition) is 1. The summed E-state index contributed by atoms with van der Waals surface area (Å²) in [5, 5.41) is 3.94. The Morgan fingerprint density at radius 2 is 1.69 bits per heavy atom. The Labute approximate surface area is 195 Å². The minimum atomic E-state index is 0.214. The Morgan fingerprint density at radius 3 is 2.44 bits per heavy atom. The van der Waals surface area contributed by atoms with Gasteiger partial charge in [0, 0.05) is 29.2 Å². The standard InChI is InChI=1S/C28H29N3S/c1-4-30(5-2)27-19-21(18-26-29-28-20(3)12-11-17-25(28)32-26)23-15-9-10-16-24(23)31(27)22-13-7-6-8-14-22/h6-19,26,29H,4-5H2,1-3H3. The molecule has 32 heavy (non-hydrogen) atoms. The van der Waals surface area contributed by atoms with Crippen molar-refractivity contribution >= 4 is 34.4 Å². The van der Waals surface area contributed by atoms with Crippen LogP contribution in [0.25, 0.3) is 5.57 Å².